The molecule has 25 heavy (non-hydrogen) atoms. The van der Waals surface area contributed by atoms with E-state index >= 15 is 0 Å². The number of benzene rings is 2. The molecule has 3 rings (SSSR count). The van der Waals surface area contributed by atoms with E-state index in [4.69, 9.17) is 0 Å². The molecule has 4 nitrogen and oxygen atoms in total. The summed E-state index contributed by atoms with van der Waals surface area (Å²) in [5, 5.41) is 9.72. The van der Waals surface area contributed by atoms with Gasteiger partial charge in [0.05, 0.1) is 6.34 Å². The minimum Gasteiger partial charge on any atom is -0.369 e. The van der Waals surface area contributed by atoms with E-state index in [1.165, 1.54) is 12.1 Å². The van der Waals surface area contributed by atoms with Crippen LogP contribution in [0.5, 0.6) is 0 Å². The van der Waals surface area contributed by atoms with Gasteiger partial charge in [-0.2, -0.15) is 5.26 Å². The van der Waals surface area contributed by atoms with E-state index in [9.17, 15) is 9.65 Å². The number of hydrogen-bond acceptors (Lipinski definition) is 2. The second-order valence-corrected chi connectivity index (χ2v) is 5.77. The molecule has 0 unspecified atom stereocenters. The molecule has 3 aromatic rings. The van der Waals surface area contributed by atoms with Gasteiger partial charge >= 0.3 is 0 Å². The van der Waals surface area contributed by atoms with Crippen LogP contribution in [0.25, 0.3) is 16.8 Å². The number of halogens is 1. The van der Waals surface area contributed by atoms with Gasteiger partial charge in [-0.3, -0.25) is 0 Å². The zero-order valence-corrected chi connectivity index (χ0v) is 14.0. The van der Waals surface area contributed by atoms with Crippen molar-refractivity contribution in [1.29, 1.82) is 5.26 Å². The van der Waals surface area contributed by atoms with Crippen molar-refractivity contribution < 1.29 is 4.39 Å². The first kappa shape index (κ1) is 16.5. The van der Waals surface area contributed by atoms with Crippen molar-refractivity contribution in [3.05, 3.63) is 72.2 Å². The number of hydrogen-bond donors (Lipinski definition) is 0. The second-order valence-electron chi connectivity index (χ2n) is 5.77. The molecule has 0 saturated heterocycles. The Kier molecular flexibility index (Phi) is 4.62. The first-order chi connectivity index (χ1) is 12.1. The van der Waals surface area contributed by atoms with Gasteiger partial charge in [-0.25, -0.2) is 9.38 Å². The van der Waals surface area contributed by atoms with Crippen LogP contribution in [0.15, 0.2) is 65.8 Å². The average Bonchev–Trinajstić information content (AvgIpc) is 3.00. The fourth-order valence-corrected chi connectivity index (χ4v) is 2.54. The van der Waals surface area contributed by atoms with Crippen molar-refractivity contribution in [1.82, 2.24) is 9.47 Å². The molecule has 0 radical (unpaired) electrons. The zero-order valence-electron chi connectivity index (χ0n) is 14.0. The molecule has 0 bridgehead atoms. The van der Waals surface area contributed by atoms with Crippen molar-refractivity contribution in [3.63, 3.8) is 0 Å². The maximum absolute atomic E-state index is 13.3. The van der Waals surface area contributed by atoms with E-state index < -0.39 is 0 Å². The summed E-state index contributed by atoms with van der Waals surface area (Å²) in [5.74, 6) is 0.208. The summed E-state index contributed by atoms with van der Waals surface area (Å²) in [6.45, 7) is 0. The molecular weight excluding hydrogens is 315 g/mol. The predicted octanol–water partition coefficient (Wildman–Crippen LogP) is 4.38. The molecule has 0 atom stereocenters. The molecular formula is C20H17FN4. The first-order valence-corrected chi connectivity index (χ1v) is 7.77. The minimum atomic E-state index is -0.307. The zero-order chi connectivity index (χ0) is 17.8. The summed E-state index contributed by atoms with van der Waals surface area (Å²) in [7, 11) is 3.72. The third-order valence-electron chi connectivity index (χ3n) is 3.69. The highest BCUT2D eigenvalue weighted by molar-refractivity contribution is 5.79. The SMILES string of the molecule is CN(C)/C=N/c1c(C#N)c(-c2ccccc2)cn1-c1ccc(F)cc1. The first-order valence-electron chi connectivity index (χ1n) is 7.77. The summed E-state index contributed by atoms with van der Waals surface area (Å²) < 4.78 is 15.1. The quantitative estimate of drug-likeness (QED) is 0.526. The van der Waals surface area contributed by atoms with E-state index in [0.717, 1.165) is 16.8 Å². The van der Waals surface area contributed by atoms with Crippen LogP contribution in [-0.4, -0.2) is 29.9 Å². The van der Waals surface area contributed by atoms with Crippen LogP contribution in [0.2, 0.25) is 0 Å². The van der Waals surface area contributed by atoms with Crippen LogP contribution in [0.1, 0.15) is 5.56 Å². The van der Waals surface area contributed by atoms with Crippen LogP contribution in [0, 0.1) is 17.1 Å². The third kappa shape index (κ3) is 3.43. The summed E-state index contributed by atoms with van der Waals surface area (Å²) in [6.07, 6.45) is 3.51. The molecule has 0 aliphatic carbocycles. The average molecular weight is 332 g/mol. The van der Waals surface area contributed by atoms with Gasteiger partial charge in [0.1, 0.15) is 17.4 Å². The number of nitriles is 1. The number of aliphatic imine (C=N–C) groups is 1. The molecule has 1 heterocycles. The lowest BCUT2D eigenvalue weighted by Gasteiger charge is -2.07. The Morgan fingerprint density at radius 1 is 1.08 bits per heavy atom. The molecule has 0 spiro atoms. The smallest absolute Gasteiger partial charge is 0.157 e. The summed E-state index contributed by atoms with van der Waals surface area (Å²) in [4.78, 5) is 6.27. The van der Waals surface area contributed by atoms with Crippen LogP contribution in [-0.2, 0) is 0 Å². The maximum Gasteiger partial charge on any atom is 0.157 e. The molecule has 0 aliphatic heterocycles. The van der Waals surface area contributed by atoms with Crippen LogP contribution >= 0.6 is 0 Å². The highest BCUT2D eigenvalue weighted by atomic mass is 19.1. The van der Waals surface area contributed by atoms with Gasteiger partial charge in [-0.05, 0) is 29.8 Å². The normalized spacial score (nSPS) is 10.8. The summed E-state index contributed by atoms with van der Waals surface area (Å²) >= 11 is 0. The van der Waals surface area contributed by atoms with E-state index in [2.05, 4.69) is 11.1 Å². The molecule has 0 N–H and O–H groups in total. The number of rotatable bonds is 4. The molecule has 0 fully saturated rings. The lowest BCUT2D eigenvalue weighted by Crippen LogP contribution is -2.07. The predicted molar refractivity (Wildman–Crippen MR) is 97.7 cm³/mol. The monoisotopic (exact) mass is 332 g/mol. The highest BCUT2D eigenvalue weighted by Crippen LogP contribution is 2.35. The van der Waals surface area contributed by atoms with Gasteiger partial charge in [0.2, 0.25) is 0 Å². The standard InChI is InChI=1S/C20H17FN4/c1-24(2)14-23-20-18(12-22)19(15-6-4-3-5-7-15)13-25(20)17-10-8-16(21)9-11-17/h3-11,13-14H,1-2H3/b23-14+. The molecule has 5 heteroatoms. The summed E-state index contributed by atoms with van der Waals surface area (Å²) in [5.41, 5.74) is 2.94. The molecule has 0 amide bonds. The van der Waals surface area contributed by atoms with Gasteiger partial charge in [0.15, 0.2) is 5.82 Å². The summed E-state index contributed by atoms with van der Waals surface area (Å²) in [6, 6.07) is 18.1. The molecule has 0 aliphatic rings. The van der Waals surface area contributed by atoms with E-state index in [-0.39, 0.29) is 5.82 Å². The van der Waals surface area contributed by atoms with Gasteiger partial charge in [-0.1, -0.05) is 30.3 Å². The lowest BCUT2D eigenvalue weighted by molar-refractivity contribution is 0.627. The fourth-order valence-electron chi connectivity index (χ4n) is 2.54. The molecule has 1 aromatic heterocycles. The van der Waals surface area contributed by atoms with Gasteiger partial charge in [0, 0.05) is 31.5 Å². The second kappa shape index (κ2) is 7.02. The van der Waals surface area contributed by atoms with Crippen LogP contribution in [0.4, 0.5) is 10.2 Å². The van der Waals surface area contributed by atoms with Crippen molar-refractivity contribution in [3.8, 4) is 22.9 Å². The van der Waals surface area contributed by atoms with E-state index in [1.54, 1.807) is 27.9 Å². The van der Waals surface area contributed by atoms with Crippen LogP contribution in [0.3, 0.4) is 0 Å². The topological polar surface area (TPSA) is 44.3 Å². The van der Waals surface area contributed by atoms with Crippen molar-refractivity contribution in [2.75, 3.05) is 14.1 Å². The Balaban J connectivity index is 2.24. The third-order valence-corrected chi connectivity index (χ3v) is 3.69. The molecule has 0 saturated carbocycles. The van der Waals surface area contributed by atoms with Crippen molar-refractivity contribution in [2.24, 2.45) is 4.99 Å². The Morgan fingerprint density at radius 3 is 2.36 bits per heavy atom. The Labute approximate surface area is 146 Å². The lowest BCUT2D eigenvalue weighted by atomic mass is 10.1. The highest BCUT2D eigenvalue weighted by Gasteiger charge is 2.17. The molecule has 2 aromatic carbocycles. The Morgan fingerprint density at radius 2 is 1.76 bits per heavy atom. The van der Waals surface area contributed by atoms with Gasteiger partial charge in [-0.15, -0.1) is 0 Å². The minimum absolute atomic E-state index is 0.307. The van der Waals surface area contributed by atoms with Gasteiger partial charge < -0.3 is 9.47 Å². The maximum atomic E-state index is 13.3. The Bertz CT molecular complexity index is 932. The molecule has 124 valence electrons. The van der Waals surface area contributed by atoms with E-state index in [0.29, 0.717) is 11.4 Å². The number of nitrogens with zero attached hydrogens (tertiary/aromatic N) is 4. The van der Waals surface area contributed by atoms with E-state index in [1.807, 2.05) is 50.6 Å². The number of aromatic nitrogens is 1. The Hall–Kier alpha value is -3.39. The largest absolute Gasteiger partial charge is 0.369 e. The fraction of sp³-hybridized carbons (Fsp3) is 0.100. The van der Waals surface area contributed by atoms with Crippen molar-refractivity contribution >= 4 is 12.2 Å². The van der Waals surface area contributed by atoms with Gasteiger partial charge in [0.25, 0.3) is 0 Å². The van der Waals surface area contributed by atoms with Crippen molar-refractivity contribution in [2.45, 2.75) is 0 Å². The van der Waals surface area contributed by atoms with Crippen LogP contribution < -0.4 is 0 Å².